The number of hydrogen-bond donors (Lipinski definition) is 2. The summed E-state index contributed by atoms with van der Waals surface area (Å²) in [5.74, 6) is 0.566. The van der Waals surface area contributed by atoms with E-state index in [1.54, 1.807) is 18.6 Å². The minimum atomic E-state index is -2.81. The Kier molecular flexibility index (Phi) is 4.03. The van der Waals surface area contributed by atoms with Crippen molar-refractivity contribution in [1.82, 2.24) is 20.5 Å². The molecule has 2 aromatic heterocycles. The van der Waals surface area contributed by atoms with Gasteiger partial charge in [0.1, 0.15) is 9.84 Å². The lowest BCUT2D eigenvalue weighted by molar-refractivity contribution is 0.463. The fraction of sp³-hybridized carbons (Fsp3) is 0.429. The van der Waals surface area contributed by atoms with Crippen LogP contribution in [0.1, 0.15) is 18.4 Å². The monoisotopic (exact) mass is 306 g/mol. The molecule has 0 atom stereocenters. The summed E-state index contributed by atoms with van der Waals surface area (Å²) in [6.07, 6.45) is 6.70. The van der Waals surface area contributed by atoms with Gasteiger partial charge in [0.15, 0.2) is 0 Å². The van der Waals surface area contributed by atoms with Gasteiger partial charge >= 0.3 is 0 Å². The van der Waals surface area contributed by atoms with Crippen LogP contribution in [0, 0.1) is 0 Å². The molecule has 0 amide bonds. The smallest absolute Gasteiger partial charge is 0.150 e. The number of sulfone groups is 1. The van der Waals surface area contributed by atoms with Crippen molar-refractivity contribution in [2.24, 2.45) is 0 Å². The molecule has 1 fully saturated rings. The van der Waals surface area contributed by atoms with Crippen LogP contribution in [-0.4, -0.2) is 41.1 Å². The summed E-state index contributed by atoms with van der Waals surface area (Å²) in [4.78, 5) is 4.11. The lowest BCUT2D eigenvalue weighted by atomic mass is 10.1. The fourth-order valence-electron chi connectivity index (χ4n) is 2.55. The van der Waals surface area contributed by atoms with E-state index in [1.165, 1.54) is 0 Å². The first-order chi connectivity index (χ1) is 10.1. The van der Waals surface area contributed by atoms with Crippen molar-refractivity contribution in [2.45, 2.75) is 25.4 Å². The molecule has 2 N–H and O–H groups in total. The Hall–Kier alpha value is -1.73. The summed E-state index contributed by atoms with van der Waals surface area (Å²) >= 11 is 0. The maximum atomic E-state index is 11.4. The van der Waals surface area contributed by atoms with Gasteiger partial charge < -0.3 is 5.32 Å². The third-order valence-corrected chi connectivity index (χ3v) is 5.52. The number of aromatic amines is 1. The molecular weight excluding hydrogens is 288 g/mol. The molecule has 1 aliphatic rings. The first-order valence-corrected chi connectivity index (χ1v) is 8.83. The predicted molar refractivity (Wildman–Crippen MR) is 80.3 cm³/mol. The molecule has 1 aliphatic heterocycles. The Bertz CT molecular complexity index is 683. The Morgan fingerprint density at radius 3 is 2.81 bits per heavy atom. The number of rotatable bonds is 4. The summed E-state index contributed by atoms with van der Waals surface area (Å²) in [5, 5.41) is 10.5. The molecule has 0 bridgehead atoms. The zero-order chi connectivity index (χ0) is 14.7. The minimum absolute atomic E-state index is 0.255. The van der Waals surface area contributed by atoms with Crippen molar-refractivity contribution in [3.63, 3.8) is 0 Å². The second-order valence-electron chi connectivity index (χ2n) is 5.32. The van der Waals surface area contributed by atoms with Gasteiger partial charge in [0.2, 0.25) is 0 Å². The molecule has 21 heavy (non-hydrogen) atoms. The summed E-state index contributed by atoms with van der Waals surface area (Å²) < 4.78 is 22.8. The summed E-state index contributed by atoms with van der Waals surface area (Å²) in [6.45, 7) is 0.672. The van der Waals surface area contributed by atoms with Gasteiger partial charge in [-0.05, 0) is 25.0 Å². The highest BCUT2D eigenvalue weighted by atomic mass is 32.2. The Morgan fingerprint density at radius 2 is 2.10 bits per heavy atom. The van der Waals surface area contributed by atoms with Crippen LogP contribution in [0.5, 0.6) is 0 Å². The van der Waals surface area contributed by atoms with Gasteiger partial charge in [-0.15, -0.1) is 0 Å². The number of hydrogen-bond acceptors (Lipinski definition) is 5. The molecule has 3 heterocycles. The Morgan fingerprint density at radius 1 is 1.29 bits per heavy atom. The van der Waals surface area contributed by atoms with E-state index in [1.807, 2.05) is 12.1 Å². The van der Waals surface area contributed by atoms with Crippen molar-refractivity contribution in [1.29, 1.82) is 0 Å². The molecule has 0 radical (unpaired) electrons. The Balaban J connectivity index is 1.63. The molecule has 1 saturated heterocycles. The summed E-state index contributed by atoms with van der Waals surface area (Å²) in [7, 11) is -2.81. The van der Waals surface area contributed by atoms with Crippen LogP contribution in [0.2, 0.25) is 0 Å². The van der Waals surface area contributed by atoms with E-state index in [0.717, 1.165) is 16.8 Å². The van der Waals surface area contributed by atoms with Crippen molar-refractivity contribution >= 4 is 9.84 Å². The van der Waals surface area contributed by atoms with E-state index in [-0.39, 0.29) is 17.5 Å². The third-order valence-electron chi connectivity index (χ3n) is 3.80. The molecule has 0 aliphatic carbocycles. The van der Waals surface area contributed by atoms with E-state index in [4.69, 9.17) is 0 Å². The molecule has 3 rings (SSSR count). The fourth-order valence-corrected chi connectivity index (χ4v) is 4.05. The van der Waals surface area contributed by atoms with Crippen LogP contribution in [0.25, 0.3) is 11.3 Å². The van der Waals surface area contributed by atoms with Crippen LogP contribution in [-0.2, 0) is 16.4 Å². The summed E-state index contributed by atoms with van der Waals surface area (Å²) in [5.41, 5.74) is 3.02. The Labute approximate surface area is 123 Å². The van der Waals surface area contributed by atoms with E-state index >= 15 is 0 Å². The van der Waals surface area contributed by atoms with E-state index in [9.17, 15) is 8.42 Å². The standard InChI is InChI=1S/C14H18N4O2S/c19-21(20)6-3-13(4-7-21)16-9-12-10-17-18-14(12)11-2-1-5-15-8-11/h1-2,5,8,10,13,16H,3-4,6-7,9H2,(H,17,18). The first-order valence-electron chi connectivity index (χ1n) is 7.00. The van der Waals surface area contributed by atoms with Gasteiger partial charge in [-0.3, -0.25) is 10.1 Å². The molecule has 0 aromatic carbocycles. The molecular formula is C14H18N4O2S. The zero-order valence-electron chi connectivity index (χ0n) is 11.6. The maximum Gasteiger partial charge on any atom is 0.150 e. The zero-order valence-corrected chi connectivity index (χ0v) is 12.4. The molecule has 6 nitrogen and oxygen atoms in total. The van der Waals surface area contributed by atoms with Gasteiger partial charge in [0, 0.05) is 36.1 Å². The average Bonchev–Trinajstić information content (AvgIpc) is 2.95. The topological polar surface area (TPSA) is 87.7 Å². The highest BCUT2D eigenvalue weighted by Crippen LogP contribution is 2.20. The molecule has 0 spiro atoms. The molecule has 0 saturated carbocycles. The molecule has 0 unspecified atom stereocenters. The molecule has 7 heteroatoms. The van der Waals surface area contributed by atoms with Crippen molar-refractivity contribution in [3.8, 4) is 11.3 Å². The van der Waals surface area contributed by atoms with E-state index < -0.39 is 9.84 Å². The van der Waals surface area contributed by atoms with Crippen LogP contribution < -0.4 is 5.32 Å². The predicted octanol–water partition coefficient (Wildman–Crippen LogP) is 1.14. The highest BCUT2D eigenvalue weighted by Gasteiger charge is 2.23. The van der Waals surface area contributed by atoms with Crippen LogP contribution in [0.3, 0.4) is 0 Å². The van der Waals surface area contributed by atoms with Gasteiger partial charge in [-0.1, -0.05) is 0 Å². The lowest BCUT2D eigenvalue weighted by Gasteiger charge is -2.23. The molecule has 112 valence electrons. The van der Waals surface area contributed by atoms with Crippen molar-refractivity contribution < 1.29 is 8.42 Å². The maximum absolute atomic E-state index is 11.4. The van der Waals surface area contributed by atoms with Crippen LogP contribution in [0.4, 0.5) is 0 Å². The van der Waals surface area contributed by atoms with Gasteiger partial charge in [-0.25, -0.2) is 8.42 Å². The normalized spacial score (nSPS) is 18.7. The van der Waals surface area contributed by atoms with Crippen molar-refractivity contribution in [3.05, 3.63) is 36.3 Å². The summed E-state index contributed by atoms with van der Waals surface area (Å²) in [6, 6.07) is 4.13. The number of nitrogens with one attached hydrogen (secondary N) is 2. The minimum Gasteiger partial charge on any atom is -0.310 e. The van der Waals surface area contributed by atoms with Gasteiger partial charge in [0.25, 0.3) is 0 Å². The number of H-pyrrole nitrogens is 1. The third kappa shape index (κ3) is 3.48. The van der Waals surface area contributed by atoms with Gasteiger partial charge in [0.05, 0.1) is 23.4 Å². The first kappa shape index (κ1) is 14.2. The second-order valence-corrected chi connectivity index (χ2v) is 7.62. The quantitative estimate of drug-likeness (QED) is 0.884. The van der Waals surface area contributed by atoms with E-state index in [2.05, 4.69) is 20.5 Å². The van der Waals surface area contributed by atoms with Crippen LogP contribution in [0.15, 0.2) is 30.7 Å². The van der Waals surface area contributed by atoms with Crippen molar-refractivity contribution in [2.75, 3.05) is 11.5 Å². The van der Waals surface area contributed by atoms with Gasteiger partial charge in [-0.2, -0.15) is 5.10 Å². The number of pyridine rings is 1. The molecule has 2 aromatic rings. The SMILES string of the molecule is O=S1(=O)CCC(NCc2cn[nH]c2-c2cccnc2)CC1. The second kappa shape index (κ2) is 5.95. The number of aromatic nitrogens is 3. The largest absolute Gasteiger partial charge is 0.310 e. The number of nitrogens with zero attached hydrogens (tertiary/aromatic N) is 2. The average molecular weight is 306 g/mol. The lowest BCUT2D eigenvalue weighted by Crippen LogP contribution is -2.37. The highest BCUT2D eigenvalue weighted by molar-refractivity contribution is 7.91. The van der Waals surface area contributed by atoms with E-state index in [0.29, 0.717) is 19.4 Å². The van der Waals surface area contributed by atoms with Crippen LogP contribution >= 0.6 is 0 Å².